The highest BCUT2D eigenvalue weighted by atomic mass is 79.9. The predicted octanol–water partition coefficient (Wildman–Crippen LogP) is 1.84. The average Bonchev–Trinajstić information content (AvgIpc) is 2.57. The monoisotopic (exact) mass is 236 g/mol. The van der Waals surface area contributed by atoms with Gasteiger partial charge in [0.05, 0.1) is 6.10 Å². The lowest BCUT2D eigenvalue weighted by molar-refractivity contribution is -0.157. The zero-order chi connectivity index (χ0) is 8.81. The van der Waals surface area contributed by atoms with Gasteiger partial charge in [-0.05, 0) is 12.8 Å². The molecule has 0 heterocycles. The summed E-state index contributed by atoms with van der Waals surface area (Å²) in [5.74, 6) is -0.270. The molecule has 0 aromatic carbocycles. The highest BCUT2D eigenvalue weighted by molar-refractivity contribution is 9.09. The minimum Gasteiger partial charge on any atom is -0.438 e. The Morgan fingerprint density at radius 1 is 1.42 bits per heavy atom. The molecule has 0 unspecified atom stereocenters. The van der Waals surface area contributed by atoms with E-state index >= 15 is 0 Å². The van der Waals surface area contributed by atoms with Gasteiger partial charge in [-0.25, -0.2) is 0 Å². The lowest BCUT2D eigenvalue weighted by atomic mass is 10.3. The lowest BCUT2D eigenvalue weighted by Gasteiger charge is -2.10. The zero-order valence-corrected chi connectivity index (χ0v) is 8.51. The summed E-state index contributed by atoms with van der Waals surface area (Å²) in [4.78, 5) is 10.6. The third-order valence-corrected chi connectivity index (χ3v) is 2.39. The van der Waals surface area contributed by atoms with Crippen LogP contribution in [0.15, 0.2) is 0 Å². The van der Waals surface area contributed by atoms with E-state index < -0.39 is 0 Å². The highest BCUT2D eigenvalue weighted by Gasteiger charge is 2.15. The van der Waals surface area contributed by atoms with Gasteiger partial charge in [0.15, 0.2) is 6.79 Å². The maximum absolute atomic E-state index is 10.6. The first-order valence-electron chi connectivity index (χ1n) is 4.16. The van der Waals surface area contributed by atoms with E-state index in [4.69, 9.17) is 9.47 Å². The van der Waals surface area contributed by atoms with Gasteiger partial charge in [0, 0.05) is 0 Å². The van der Waals surface area contributed by atoms with Crippen LogP contribution in [0.25, 0.3) is 0 Å². The van der Waals surface area contributed by atoms with E-state index in [1.165, 1.54) is 12.8 Å². The number of alkyl halides is 1. The second-order valence-electron chi connectivity index (χ2n) is 2.84. The maximum Gasteiger partial charge on any atom is 0.318 e. The van der Waals surface area contributed by atoms with Crippen molar-refractivity contribution in [3.05, 3.63) is 0 Å². The molecule has 70 valence electrons. The number of hydrogen-bond donors (Lipinski definition) is 0. The minimum absolute atomic E-state index is 0.106. The molecule has 1 fully saturated rings. The predicted molar refractivity (Wildman–Crippen MR) is 48.1 cm³/mol. The fraction of sp³-hybridized carbons (Fsp3) is 0.875. The third-order valence-electron chi connectivity index (χ3n) is 1.93. The van der Waals surface area contributed by atoms with Gasteiger partial charge in [0.2, 0.25) is 0 Å². The largest absolute Gasteiger partial charge is 0.438 e. The minimum atomic E-state index is -0.270. The Hall–Kier alpha value is -0.0900. The van der Waals surface area contributed by atoms with Crippen LogP contribution >= 0.6 is 15.9 Å². The van der Waals surface area contributed by atoms with Crippen molar-refractivity contribution in [3.8, 4) is 0 Å². The summed E-state index contributed by atoms with van der Waals surface area (Å²) >= 11 is 3.00. The van der Waals surface area contributed by atoms with E-state index in [1.807, 2.05) is 0 Å². The topological polar surface area (TPSA) is 35.5 Å². The second kappa shape index (κ2) is 5.54. The summed E-state index contributed by atoms with van der Waals surface area (Å²) in [5, 5.41) is 0.237. The number of ether oxygens (including phenoxy) is 2. The molecule has 1 aliphatic rings. The number of halogens is 1. The Morgan fingerprint density at radius 3 is 2.67 bits per heavy atom. The van der Waals surface area contributed by atoms with Crippen LogP contribution in [-0.2, 0) is 14.3 Å². The average molecular weight is 237 g/mol. The van der Waals surface area contributed by atoms with E-state index in [9.17, 15) is 4.79 Å². The Labute approximate surface area is 80.5 Å². The van der Waals surface area contributed by atoms with Crippen LogP contribution < -0.4 is 0 Å². The molecule has 12 heavy (non-hydrogen) atoms. The standard InChI is InChI=1S/C8H13BrO3/c9-5-8(10)12-6-11-7-3-1-2-4-7/h7H,1-6H2. The van der Waals surface area contributed by atoms with Crippen molar-refractivity contribution in [2.75, 3.05) is 12.1 Å². The van der Waals surface area contributed by atoms with Crippen molar-refractivity contribution in [1.29, 1.82) is 0 Å². The van der Waals surface area contributed by atoms with Gasteiger partial charge in [-0.15, -0.1) is 0 Å². The van der Waals surface area contributed by atoms with Gasteiger partial charge in [0.1, 0.15) is 5.33 Å². The van der Waals surface area contributed by atoms with Crippen molar-refractivity contribution in [3.63, 3.8) is 0 Å². The Kier molecular flexibility index (Phi) is 4.61. The molecule has 0 bridgehead atoms. The number of esters is 1. The number of hydrogen-bond acceptors (Lipinski definition) is 3. The van der Waals surface area contributed by atoms with Crippen molar-refractivity contribution < 1.29 is 14.3 Å². The molecule has 1 rings (SSSR count). The number of carbonyl (C=O) groups is 1. The van der Waals surface area contributed by atoms with Crippen molar-refractivity contribution in [1.82, 2.24) is 0 Å². The molecule has 0 aromatic heterocycles. The molecule has 0 saturated heterocycles. The molecule has 4 heteroatoms. The summed E-state index contributed by atoms with van der Waals surface area (Å²) < 4.78 is 10.1. The first-order chi connectivity index (χ1) is 5.83. The van der Waals surface area contributed by atoms with E-state index in [1.54, 1.807) is 0 Å². The molecule has 0 aliphatic heterocycles. The molecule has 3 nitrogen and oxygen atoms in total. The van der Waals surface area contributed by atoms with Crippen LogP contribution in [0.2, 0.25) is 0 Å². The van der Waals surface area contributed by atoms with Gasteiger partial charge in [-0.3, -0.25) is 4.79 Å². The van der Waals surface area contributed by atoms with Crippen LogP contribution in [-0.4, -0.2) is 24.2 Å². The molecule has 1 saturated carbocycles. The van der Waals surface area contributed by atoms with E-state index in [2.05, 4.69) is 15.9 Å². The van der Waals surface area contributed by atoms with Gasteiger partial charge in [-0.2, -0.15) is 0 Å². The summed E-state index contributed by atoms with van der Waals surface area (Å²) in [6.07, 6.45) is 4.99. The van der Waals surface area contributed by atoms with Crippen LogP contribution in [0.4, 0.5) is 0 Å². The van der Waals surface area contributed by atoms with Crippen LogP contribution in [0.5, 0.6) is 0 Å². The number of rotatable bonds is 4. The highest BCUT2D eigenvalue weighted by Crippen LogP contribution is 2.20. The molecular formula is C8H13BrO3. The Morgan fingerprint density at radius 2 is 2.08 bits per heavy atom. The quantitative estimate of drug-likeness (QED) is 0.425. The Balaban J connectivity index is 1.97. The normalized spacial score (nSPS) is 18.1. The fourth-order valence-electron chi connectivity index (χ4n) is 1.29. The van der Waals surface area contributed by atoms with Gasteiger partial charge < -0.3 is 9.47 Å². The molecular weight excluding hydrogens is 224 g/mol. The van der Waals surface area contributed by atoms with Crippen molar-refractivity contribution in [2.45, 2.75) is 31.8 Å². The summed E-state index contributed by atoms with van der Waals surface area (Å²) in [6, 6.07) is 0. The summed E-state index contributed by atoms with van der Waals surface area (Å²) in [7, 11) is 0. The van der Waals surface area contributed by atoms with E-state index in [0.29, 0.717) is 6.10 Å². The summed E-state index contributed by atoms with van der Waals surface area (Å²) in [5.41, 5.74) is 0. The SMILES string of the molecule is O=C(CBr)OCOC1CCCC1. The van der Waals surface area contributed by atoms with E-state index in [0.717, 1.165) is 12.8 Å². The fourth-order valence-corrected chi connectivity index (χ4v) is 1.45. The molecule has 0 N–H and O–H groups in total. The van der Waals surface area contributed by atoms with Crippen LogP contribution in [0.1, 0.15) is 25.7 Å². The summed E-state index contributed by atoms with van der Waals surface area (Å²) in [6.45, 7) is 0.106. The smallest absolute Gasteiger partial charge is 0.318 e. The molecule has 0 atom stereocenters. The zero-order valence-electron chi connectivity index (χ0n) is 6.92. The lowest BCUT2D eigenvalue weighted by Crippen LogP contribution is -2.14. The molecule has 0 aromatic rings. The molecule has 0 radical (unpaired) electrons. The van der Waals surface area contributed by atoms with Gasteiger partial charge in [-0.1, -0.05) is 28.8 Å². The molecule has 0 amide bonds. The van der Waals surface area contributed by atoms with Gasteiger partial charge in [0.25, 0.3) is 0 Å². The first-order valence-corrected chi connectivity index (χ1v) is 5.28. The van der Waals surface area contributed by atoms with Crippen LogP contribution in [0.3, 0.4) is 0 Å². The third kappa shape index (κ3) is 3.54. The van der Waals surface area contributed by atoms with Crippen LogP contribution in [0, 0.1) is 0 Å². The van der Waals surface area contributed by atoms with Crippen molar-refractivity contribution >= 4 is 21.9 Å². The van der Waals surface area contributed by atoms with E-state index in [-0.39, 0.29) is 18.1 Å². The van der Waals surface area contributed by atoms with Gasteiger partial charge >= 0.3 is 5.97 Å². The molecule has 0 spiro atoms. The number of carbonyl (C=O) groups excluding carboxylic acids is 1. The Bertz CT molecular complexity index is 143. The van der Waals surface area contributed by atoms with Crippen molar-refractivity contribution in [2.24, 2.45) is 0 Å². The second-order valence-corrected chi connectivity index (χ2v) is 3.40. The first kappa shape index (κ1) is 9.99. The maximum atomic E-state index is 10.6. The molecule has 1 aliphatic carbocycles.